The van der Waals surface area contributed by atoms with Gasteiger partial charge in [-0.05, 0) is 75.5 Å². The molecule has 0 aromatic heterocycles. The second kappa shape index (κ2) is 12.8. The highest BCUT2D eigenvalue weighted by Gasteiger charge is 2.45. The van der Waals surface area contributed by atoms with Crippen LogP contribution in [0.2, 0.25) is 0 Å². The number of carbonyl (C=O) groups excluding carboxylic acids is 1. The first-order valence-electron chi connectivity index (χ1n) is 14.2. The molecule has 1 fully saturated rings. The van der Waals surface area contributed by atoms with Crippen molar-refractivity contribution < 1.29 is 14.3 Å². The third kappa shape index (κ3) is 8.20. The predicted octanol–water partition coefficient (Wildman–Crippen LogP) is 8.86. The summed E-state index contributed by atoms with van der Waals surface area (Å²) >= 11 is 0. The third-order valence-corrected chi connectivity index (χ3v) is 9.27. The van der Waals surface area contributed by atoms with Gasteiger partial charge in [0.1, 0.15) is 6.10 Å². The molecule has 2 aliphatic heterocycles. The van der Waals surface area contributed by atoms with Gasteiger partial charge in [0.15, 0.2) is 0 Å². The van der Waals surface area contributed by atoms with Crippen molar-refractivity contribution in [2.45, 2.75) is 119 Å². The highest BCUT2D eigenvalue weighted by molar-refractivity contribution is 5.83. The predicted molar refractivity (Wildman–Crippen MR) is 153 cm³/mol. The number of cyclic esters (lactones) is 1. The Hall–Kier alpha value is -1.61. The van der Waals surface area contributed by atoms with Crippen LogP contribution < -0.4 is 0 Å². The van der Waals surface area contributed by atoms with Crippen molar-refractivity contribution in [3.63, 3.8) is 0 Å². The van der Waals surface area contributed by atoms with E-state index in [1.165, 1.54) is 5.57 Å². The van der Waals surface area contributed by atoms with Gasteiger partial charge < -0.3 is 9.47 Å². The Morgan fingerprint density at radius 1 is 1.08 bits per heavy atom. The fourth-order valence-electron chi connectivity index (χ4n) is 5.30. The molecule has 0 aromatic carbocycles. The number of fused-ring (bicyclic) bond motifs is 2. The molecule has 2 bridgehead atoms. The summed E-state index contributed by atoms with van der Waals surface area (Å²) in [5.74, 6) is 1.64. The molecule has 7 atom stereocenters. The van der Waals surface area contributed by atoms with Crippen molar-refractivity contribution in [2.75, 3.05) is 0 Å². The molecule has 3 heteroatoms. The minimum Gasteiger partial charge on any atom is -0.459 e. The number of ether oxygens (including phenoxy) is 2. The van der Waals surface area contributed by atoms with E-state index in [-0.39, 0.29) is 41.0 Å². The lowest BCUT2D eigenvalue weighted by atomic mass is 9.70. The first-order valence-corrected chi connectivity index (χ1v) is 14.2. The molecule has 0 aromatic rings. The molecule has 3 nitrogen and oxygen atoms in total. The van der Waals surface area contributed by atoms with Gasteiger partial charge in [0.2, 0.25) is 0 Å². The van der Waals surface area contributed by atoms with Crippen LogP contribution in [-0.2, 0) is 14.3 Å². The second-order valence-electron chi connectivity index (χ2n) is 13.1. The SMILES string of the molecule is C=C1CC2C/C=C/C(C)C(C)/C(C)=C\C(=O)OC(CC(C)C(C)C)C(C)C/C=C/C(C)(C)C(C)(C1)O2. The monoisotopic (exact) mass is 498 g/mol. The molecular weight excluding hydrogens is 444 g/mol. The summed E-state index contributed by atoms with van der Waals surface area (Å²) in [7, 11) is 0. The van der Waals surface area contributed by atoms with Crippen molar-refractivity contribution in [1.82, 2.24) is 0 Å². The highest BCUT2D eigenvalue weighted by atomic mass is 16.5. The zero-order chi connectivity index (χ0) is 27.3. The van der Waals surface area contributed by atoms with Gasteiger partial charge in [-0.15, -0.1) is 0 Å². The van der Waals surface area contributed by atoms with Gasteiger partial charge in [-0.3, -0.25) is 0 Å². The summed E-state index contributed by atoms with van der Waals surface area (Å²) in [5.41, 5.74) is 1.89. The van der Waals surface area contributed by atoms with E-state index >= 15 is 0 Å². The molecule has 0 amide bonds. The molecule has 2 aliphatic rings. The number of allylic oxidation sites excluding steroid dienone is 3. The van der Waals surface area contributed by atoms with E-state index in [1.54, 1.807) is 6.08 Å². The molecule has 204 valence electrons. The first-order chi connectivity index (χ1) is 16.6. The van der Waals surface area contributed by atoms with Gasteiger partial charge >= 0.3 is 5.97 Å². The number of esters is 1. The van der Waals surface area contributed by atoms with Crippen LogP contribution in [0.25, 0.3) is 0 Å². The van der Waals surface area contributed by atoms with Crippen LogP contribution in [0.15, 0.2) is 48.1 Å². The maximum absolute atomic E-state index is 13.0. The normalized spacial score (nSPS) is 38.8. The van der Waals surface area contributed by atoms with Gasteiger partial charge in [-0.2, -0.15) is 0 Å². The molecule has 1 saturated heterocycles. The maximum atomic E-state index is 13.0. The lowest BCUT2D eigenvalue weighted by Gasteiger charge is -2.48. The topological polar surface area (TPSA) is 35.5 Å². The Morgan fingerprint density at radius 2 is 1.75 bits per heavy atom. The smallest absolute Gasteiger partial charge is 0.330 e. The van der Waals surface area contributed by atoms with Gasteiger partial charge in [0.25, 0.3) is 0 Å². The van der Waals surface area contributed by atoms with Crippen molar-refractivity contribution in [3.05, 3.63) is 48.1 Å². The van der Waals surface area contributed by atoms with Crippen LogP contribution in [-0.4, -0.2) is 23.8 Å². The summed E-state index contributed by atoms with van der Waals surface area (Å²) < 4.78 is 12.9. The number of hydrogen-bond acceptors (Lipinski definition) is 3. The van der Waals surface area contributed by atoms with Crippen molar-refractivity contribution >= 4 is 5.97 Å². The quantitative estimate of drug-likeness (QED) is 0.288. The number of carbonyl (C=O) groups is 1. The zero-order valence-electron chi connectivity index (χ0n) is 24.9. The Morgan fingerprint density at radius 3 is 2.39 bits per heavy atom. The van der Waals surface area contributed by atoms with E-state index in [9.17, 15) is 4.79 Å². The summed E-state index contributed by atoms with van der Waals surface area (Å²) in [6.07, 6.45) is 15.3. The van der Waals surface area contributed by atoms with Gasteiger partial charge in [0, 0.05) is 11.5 Å². The molecule has 0 aliphatic carbocycles. The molecule has 0 spiro atoms. The lowest BCUT2D eigenvalue weighted by Crippen LogP contribution is -2.49. The number of hydrogen-bond donors (Lipinski definition) is 0. The maximum Gasteiger partial charge on any atom is 0.330 e. The van der Waals surface area contributed by atoms with Crippen LogP contribution in [0.3, 0.4) is 0 Å². The van der Waals surface area contributed by atoms with Crippen molar-refractivity contribution in [3.8, 4) is 0 Å². The molecular formula is C33H54O3. The van der Waals surface area contributed by atoms with Crippen LogP contribution in [0.1, 0.15) is 101 Å². The fourth-order valence-corrected chi connectivity index (χ4v) is 5.30. The minimum absolute atomic E-state index is 0.108. The Kier molecular flexibility index (Phi) is 10.9. The average molecular weight is 499 g/mol. The molecule has 2 heterocycles. The molecule has 0 N–H and O–H groups in total. The van der Waals surface area contributed by atoms with E-state index in [0.717, 1.165) is 37.7 Å². The first kappa shape index (κ1) is 30.6. The highest BCUT2D eigenvalue weighted by Crippen LogP contribution is 2.45. The largest absolute Gasteiger partial charge is 0.459 e. The van der Waals surface area contributed by atoms with Gasteiger partial charge in [-0.1, -0.05) is 97.4 Å². The third-order valence-electron chi connectivity index (χ3n) is 9.27. The zero-order valence-corrected chi connectivity index (χ0v) is 24.9. The van der Waals surface area contributed by atoms with E-state index < -0.39 is 0 Å². The Balaban J connectivity index is 2.41. The van der Waals surface area contributed by atoms with E-state index in [2.05, 4.69) is 93.2 Å². The van der Waals surface area contributed by atoms with Gasteiger partial charge in [-0.25, -0.2) is 4.79 Å². The Bertz CT molecular complexity index is 845. The van der Waals surface area contributed by atoms with Crippen LogP contribution in [0.4, 0.5) is 0 Å². The summed E-state index contributed by atoms with van der Waals surface area (Å²) in [6.45, 7) is 26.6. The van der Waals surface area contributed by atoms with Crippen LogP contribution in [0.5, 0.6) is 0 Å². The van der Waals surface area contributed by atoms with E-state index in [0.29, 0.717) is 17.8 Å². The molecule has 7 unspecified atom stereocenters. The molecule has 0 radical (unpaired) electrons. The standard InChI is InChI=1S/C33H54O3/c1-22(2)26(6)19-30-25(5)15-13-17-32(9,10)33(11)21-23(3)18-29(36-33)16-12-14-24(4)28(8)27(7)20-31(34)35-30/h12-14,17,20,22,24-26,28-30H,3,15-16,18-19,21H2,1-2,4-11H3/b14-12+,17-13+,27-20-. The van der Waals surface area contributed by atoms with Crippen molar-refractivity contribution in [2.24, 2.45) is 35.0 Å². The Labute approximate surface area is 222 Å². The molecule has 2 rings (SSSR count). The van der Waals surface area contributed by atoms with Gasteiger partial charge in [0.05, 0.1) is 11.7 Å². The average Bonchev–Trinajstić information content (AvgIpc) is 2.76. The van der Waals surface area contributed by atoms with Crippen LogP contribution >= 0.6 is 0 Å². The molecule has 36 heavy (non-hydrogen) atoms. The van der Waals surface area contributed by atoms with Crippen LogP contribution in [0, 0.1) is 35.0 Å². The summed E-state index contributed by atoms with van der Waals surface area (Å²) in [4.78, 5) is 13.0. The fraction of sp³-hybridized carbons (Fsp3) is 0.727. The summed E-state index contributed by atoms with van der Waals surface area (Å²) in [5, 5.41) is 0. The lowest BCUT2D eigenvalue weighted by molar-refractivity contribution is -0.146. The molecule has 0 saturated carbocycles. The number of rotatable bonds is 3. The van der Waals surface area contributed by atoms with E-state index in [4.69, 9.17) is 9.47 Å². The second-order valence-corrected chi connectivity index (χ2v) is 13.1. The summed E-state index contributed by atoms with van der Waals surface area (Å²) in [6, 6.07) is 0. The van der Waals surface area contributed by atoms with E-state index in [1.807, 2.05) is 6.92 Å². The van der Waals surface area contributed by atoms with Crippen molar-refractivity contribution in [1.29, 1.82) is 0 Å². The minimum atomic E-state index is -0.303.